The van der Waals surface area contributed by atoms with Gasteiger partial charge in [-0.2, -0.15) is 0 Å². The number of halogens is 1. The van der Waals surface area contributed by atoms with Gasteiger partial charge in [-0.25, -0.2) is 4.79 Å². The van der Waals surface area contributed by atoms with E-state index in [9.17, 15) is 9.59 Å². The van der Waals surface area contributed by atoms with Crippen LogP contribution in [0.3, 0.4) is 0 Å². The van der Waals surface area contributed by atoms with Gasteiger partial charge in [-0.15, -0.1) is 0 Å². The number of likely N-dealkylation sites (tertiary alicyclic amines) is 1. The molecule has 1 N–H and O–H groups in total. The van der Waals surface area contributed by atoms with E-state index in [0.29, 0.717) is 10.7 Å². The van der Waals surface area contributed by atoms with Crippen molar-refractivity contribution in [2.75, 3.05) is 25.0 Å². The Morgan fingerprint density at radius 2 is 1.86 bits per heavy atom. The molecule has 1 amide bonds. The maximum Gasteiger partial charge on any atom is 0.339 e. The number of rotatable bonds is 6. The molecule has 28 heavy (non-hydrogen) atoms. The largest absolute Gasteiger partial charge is 0.462 e. The van der Waals surface area contributed by atoms with Gasteiger partial charge < -0.3 is 10.1 Å². The minimum absolute atomic E-state index is 0.0171. The first-order valence-electron chi connectivity index (χ1n) is 9.60. The minimum atomic E-state index is -0.488. The maximum atomic E-state index is 12.6. The van der Waals surface area contributed by atoms with Gasteiger partial charge in [-0.3, -0.25) is 9.69 Å². The number of carbonyl (C=O) groups excluding carboxylic acids is 2. The van der Waals surface area contributed by atoms with Crippen molar-refractivity contribution in [2.45, 2.75) is 26.3 Å². The fourth-order valence-corrected chi connectivity index (χ4v) is 3.60. The van der Waals surface area contributed by atoms with Gasteiger partial charge in [0.2, 0.25) is 5.91 Å². The van der Waals surface area contributed by atoms with E-state index < -0.39 is 5.97 Å². The Bertz CT molecular complexity index is 818. The zero-order valence-corrected chi connectivity index (χ0v) is 16.7. The SMILES string of the molecule is CCOC(=O)c1cc(NC(=O)C2CCN(Cc3ccccc3)CC2)ccc1Cl. The summed E-state index contributed by atoms with van der Waals surface area (Å²) < 4.78 is 5.00. The monoisotopic (exact) mass is 400 g/mol. The Labute approximate surface area is 170 Å². The third-order valence-corrected chi connectivity index (χ3v) is 5.27. The van der Waals surface area contributed by atoms with Gasteiger partial charge in [0, 0.05) is 18.2 Å². The number of ether oxygens (including phenoxy) is 1. The van der Waals surface area contributed by atoms with Crippen molar-refractivity contribution in [3.05, 3.63) is 64.7 Å². The van der Waals surface area contributed by atoms with Crippen LogP contribution < -0.4 is 5.32 Å². The van der Waals surface area contributed by atoms with Crippen molar-refractivity contribution in [3.8, 4) is 0 Å². The molecular formula is C22H25ClN2O3. The van der Waals surface area contributed by atoms with Crippen LogP contribution in [0.2, 0.25) is 5.02 Å². The molecule has 0 atom stereocenters. The predicted octanol–water partition coefficient (Wildman–Crippen LogP) is 4.37. The van der Waals surface area contributed by atoms with Crippen LogP contribution in [0.15, 0.2) is 48.5 Å². The van der Waals surface area contributed by atoms with Crippen LogP contribution >= 0.6 is 11.6 Å². The molecule has 0 radical (unpaired) electrons. The van der Waals surface area contributed by atoms with Gasteiger partial charge in [-0.1, -0.05) is 41.9 Å². The quantitative estimate of drug-likeness (QED) is 0.731. The second-order valence-corrected chi connectivity index (χ2v) is 7.35. The molecule has 0 saturated carbocycles. The minimum Gasteiger partial charge on any atom is -0.462 e. The van der Waals surface area contributed by atoms with E-state index in [-0.39, 0.29) is 24.0 Å². The summed E-state index contributed by atoms with van der Waals surface area (Å²) in [5, 5.41) is 3.23. The zero-order chi connectivity index (χ0) is 19.9. The first-order valence-corrected chi connectivity index (χ1v) is 9.98. The highest BCUT2D eigenvalue weighted by Crippen LogP contribution is 2.24. The number of nitrogens with one attached hydrogen (secondary N) is 1. The molecule has 2 aromatic rings. The molecule has 1 saturated heterocycles. The van der Waals surface area contributed by atoms with Gasteiger partial charge in [0.1, 0.15) is 0 Å². The second kappa shape index (κ2) is 9.71. The number of hydrogen-bond donors (Lipinski definition) is 1. The number of amides is 1. The van der Waals surface area contributed by atoms with E-state index in [0.717, 1.165) is 32.5 Å². The van der Waals surface area contributed by atoms with Crippen LogP contribution in [0, 0.1) is 5.92 Å². The molecule has 0 bridgehead atoms. The molecule has 0 aliphatic carbocycles. The van der Waals surface area contributed by atoms with Crippen LogP contribution in [0.5, 0.6) is 0 Å². The molecule has 1 aliphatic heterocycles. The molecule has 3 rings (SSSR count). The first kappa shape index (κ1) is 20.4. The van der Waals surface area contributed by atoms with Crippen molar-refractivity contribution in [2.24, 2.45) is 5.92 Å². The molecule has 5 nitrogen and oxygen atoms in total. The third-order valence-electron chi connectivity index (χ3n) is 4.94. The lowest BCUT2D eigenvalue weighted by Crippen LogP contribution is -2.37. The van der Waals surface area contributed by atoms with E-state index in [1.807, 2.05) is 18.2 Å². The second-order valence-electron chi connectivity index (χ2n) is 6.94. The van der Waals surface area contributed by atoms with Gasteiger partial charge in [0.15, 0.2) is 0 Å². The Morgan fingerprint density at radius 3 is 2.54 bits per heavy atom. The standard InChI is InChI=1S/C22H25ClN2O3/c1-2-28-22(27)19-14-18(8-9-20(19)23)24-21(26)17-10-12-25(13-11-17)15-16-6-4-3-5-7-16/h3-9,14,17H,2,10-13,15H2,1H3,(H,24,26). The molecule has 6 heteroatoms. The Balaban J connectivity index is 1.54. The fourth-order valence-electron chi connectivity index (χ4n) is 3.41. The highest BCUT2D eigenvalue weighted by Gasteiger charge is 2.25. The van der Waals surface area contributed by atoms with Crippen molar-refractivity contribution < 1.29 is 14.3 Å². The van der Waals surface area contributed by atoms with Crippen molar-refractivity contribution in [1.82, 2.24) is 4.90 Å². The average Bonchev–Trinajstić information content (AvgIpc) is 2.71. The summed E-state index contributed by atoms with van der Waals surface area (Å²) in [5.74, 6) is -0.539. The van der Waals surface area contributed by atoms with Gasteiger partial charge in [0.05, 0.1) is 17.2 Å². The summed E-state index contributed by atoms with van der Waals surface area (Å²) in [6, 6.07) is 15.2. The number of carbonyl (C=O) groups is 2. The summed E-state index contributed by atoms with van der Waals surface area (Å²) in [6.07, 6.45) is 1.63. The van der Waals surface area contributed by atoms with Crippen LogP contribution in [0.1, 0.15) is 35.7 Å². The summed E-state index contributed by atoms with van der Waals surface area (Å²) >= 11 is 6.08. The lowest BCUT2D eigenvalue weighted by Gasteiger charge is -2.31. The van der Waals surface area contributed by atoms with E-state index in [1.165, 1.54) is 5.56 Å². The van der Waals surface area contributed by atoms with Gasteiger partial charge in [0.25, 0.3) is 0 Å². The topological polar surface area (TPSA) is 58.6 Å². The third kappa shape index (κ3) is 5.33. The summed E-state index contributed by atoms with van der Waals surface area (Å²) in [7, 11) is 0. The van der Waals surface area contributed by atoms with Crippen LogP contribution in [0.25, 0.3) is 0 Å². The number of nitrogens with zero attached hydrogens (tertiary/aromatic N) is 1. The molecule has 0 aromatic heterocycles. The number of esters is 1. The molecular weight excluding hydrogens is 376 g/mol. The number of anilines is 1. The lowest BCUT2D eigenvalue weighted by atomic mass is 9.95. The lowest BCUT2D eigenvalue weighted by molar-refractivity contribution is -0.121. The van der Waals surface area contributed by atoms with Crippen LogP contribution in [-0.2, 0) is 16.1 Å². The van der Waals surface area contributed by atoms with Crippen LogP contribution in [-0.4, -0.2) is 36.5 Å². The maximum absolute atomic E-state index is 12.6. The van der Waals surface area contributed by atoms with E-state index in [1.54, 1.807) is 25.1 Å². The predicted molar refractivity (Wildman–Crippen MR) is 110 cm³/mol. The Kier molecular flexibility index (Phi) is 7.06. The number of hydrogen-bond acceptors (Lipinski definition) is 4. The Morgan fingerprint density at radius 1 is 1.14 bits per heavy atom. The summed E-state index contributed by atoms with van der Waals surface area (Å²) in [5.41, 5.74) is 2.11. The highest BCUT2D eigenvalue weighted by atomic mass is 35.5. The molecule has 2 aromatic carbocycles. The smallest absolute Gasteiger partial charge is 0.339 e. The number of benzene rings is 2. The van der Waals surface area contributed by atoms with Crippen molar-refractivity contribution >= 4 is 29.2 Å². The summed E-state index contributed by atoms with van der Waals surface area (Å²) in [4.78, 5) is 27.0. The van der Waals surface area contributed by atoms with Gasteiger partial charge >= 0.3 is 5.97 Å². The van der Waals surface area contributed by atoms with E-state index in [4.69, 9.17) is 16.3 Å². The molecule has 1 aliphatic rings. The van der Waals surface area contributed by atoms with Gasteiger partial charge in [-0.05, 0) is 56.6 Å². The Hall–Kier alpha value is -2.37. The highest BCUT2D eigenvalue weighted by molar-refractivity contribution is 6.33. The molecule has 1 heterocycles. The molecule has 0 unspecified atom stereocenters. The fraction of sp³-hybridized carbons (Fsp3) is 0.364. The first-order chi connectivity index (χ1) is 13.6. The molecule has 148 valence electrons. The van der Waals surface area contributed by atoms with Crippen molar-refractivity contribution in [3.63, 3.8) is 0 Å². The number of piperidine rings is 1. The van der Waals surface area contributed by atoms with E-state index >= 15 is 0 Å². The van der Waals surface area contributed by atoms with Crippen LogP contribution in [0.4, 0.5) is 5.69 Å². The normalized spacial score (nSPS) is 15.2. The average molecular weight is 401 g/mol. The molecule has 1 fully saturated rings. The van der Waals surface area contributed by atoms with E-state index in [2.05, 4.69) is 22.3 Å². The molecule has 0 spiro atoms. The van der Waals surface area contributed by atoms with Crippen molar-refractivity contribution in [1.29, 1.82) is 0 Å². The summed E-state index contributed by atoms with van der Waals surface area (Å²) in [6.45, 7) is 4.70. The zero-order valence-electron chi connectivity index (χ0n) is 16.0.